The predicted octanol–water partition coefficient (Wildman–Crippen LogP) is 2.79. The van der Waals surface area contributed by atoms with Crippen LogP contribution in [0.15, 0.2) is 30.3 Å². The van der Waals surface area contributed by atoms with Crippen LogP contribution in [0, 0.1) is 0 Å². The van der Waals surface area contributed by atoms with E-state index in [-0.39, 0.29) is 0 Å². The van der Waals surface area contributed by atoms with E-state index < -0.39 is 0 Å². The van der Waals surface area contributed by atoms with Gasteiger partial charge in [0.15, 0.2) is 0 Å². The summed E-state index contributed by atoms with van der Waals surface area (Å²) in [6.07, 6.45) is 2.76. The third kappa shape index (κ3) is 2.99. The summed E-state index contributed by atoms with van der Waals surface area (Å²) < 4.78 is 0. The number of hydrogen-bond acceptors (Lipinski definition) is 2. The summed E-state index contributed by atoms with van der Waals surface area (Å²) in [7, 11) is 2.23. The number of hydrogen-bond donors (Lipinski definition) is 1. The monoisotopic (exact) mass is 221 g/mol. The molecule has 0 spiro atoms. The summed E-state index contributed by atoms with van der Waals surface area (Å²) in [5, 5.41) is 0. The molecule has 0 bridgehead atoms. The molecule has 1 unspecified atom stereocenters. The highest BCUT2D eigenvalue weighted by atomic mass is 32.1. The molecule has 2 rings (SSSR count). The largest absolute Gasteiger partial charge is 0.303 e. The first kappa shape index (κ1) is 11.0. The first-order chi connectivity index (χ1) is 7.31. The lowest BCUT2D eigenvalue weighted by Gasteiger charge is -2.22. The van der Waals surface area contributed by atoms with Crippen LogP contribution in [0.25, 0.3) is 0 Å². The van der Waals surface area contributed by atoms with Crippen molar-refractivity contribution in [3.63, 3.8) is 0 Å². The molecule has 15 heavy (non-hydrogen) atoms. The molecule has 1 aliphatic rings. The Morgan fingerprint density at radius 1 is 1.33 bits per heavy atom. The van der Waals surface area contributed by atoms with E-state index in [1.165, 1.54) is 18.4 Å². The van der Waals surface area contributed by atoms with Crippen LogP contribution in [0.2, 0.25) is 0 Å². The number of thiol groups is 1. The Morgan fingerprint density at radius 3 is 2.53 bits per heavy atom. The van der Waals surface area contributed by atoms with Gasteiger partial charge in [0, 0.05) is 18.5 Å². The van der Waals surface area contributed by atoms with Gasteiger partial charge in [0.2, 0.25) is 0 Å². The van der Waals surface area contributed by atoms with Gasteiger partial charge in [0.1, 0.15) is 0 Å². The number of rotatable bonds is 5. The van der Waals surface area contributed by atoms with Crippen LogP contribution in [0.1, 0.15) is 24.3 Å². The van der Waals surface area contributed by atoms with Gasteiger partial charge in [0.05, 0.1) is 0 Å². The van der Waals surface area contributed by atoms with E-state index in [9.17, 15) is 0 Å². The van der Waals surface area contributed by atoms with Crippen molar-refractivity contribution in [2.45, 2.75) is 24.8 Å². The van der Waals surface area contributed by atoms with Gasteiger partial charge in [-0.1, -0.05) is 30.3 Å². The van der Waals surface area contributed by atoms with Gasteiger partial charge in [-0.15, -0.1) is 0 Å². The standard InChI is InChI=1S/C13H19NS/c1-14(13-7-8-13)9-12(10-15)11-5-3-2-4-6-11/h2-6,12-13,15H,7-10H2,1H3. The molecule has 0 heterocycles. The summed E-state index contributed by atoms with van der Waals surface area (Å²) in [5.41, 5.74) is 1.42. The van der Waals surface area contributed by atoms with Gasteiger partial charge in [-0.05, 0) is 31.2 Å². The minimum Gasteiger partial charge on any atom is -0.303 e. The van der Waals surface area contributed by atoms with Crippen LogP contribution in [0.5, 0.6) is 0 Å². The van der Waals surface area contributed by atoms with Gasteiger partial charge >= 0.3 is 0 Å². The quantitative estimate of drug-likeness (QED) is 0.748. The Kier molecular flexibility index (Phi) is 3.71. The van der Waals surface area contributed by atoms with Crippen LogP contribution in [0.3, 0.4) is 0 Å². The second kappa shape index (κ2) is 5.04. The van der Waals surface area contributed by atoms with Gasteiger partial charge in [-0.2, -0.15) is 12.6 Å². The molecule has 1 fully saturated rings. The minimum atomic E-state index is 0.570. The van der Waals surface area contributed by atoms with Crippen molar-refractivity contribution in [2.75, 3.05) is 19.3 Å². The van der Waals surface area contributed by atoms with Gasteiger partial charge in [-0.3, -0.25) is 0 Å². The molecule has 0 saturated heterocycles. The summed E-state index contributed by atoms with van der Waals surface area (Å²) in [5.74, 6) is 1.50. The number of benzene rings is 1. The van der Waals surface area contributed by atoms with Crippen molar-refractivity contribution in [3.05, 3.63) is 35.9 Å². The molecule has 1 saturated carbocycles. The molecule has 0 aromatic heterocycles. The predicted molar refractivity (Wildman–Crippen MR) is 68.7 cm³/mol. The molecule has 1 aromatic carbocycles. The molecule has 0 aliphatic heterocycles. The van der Waals surface area contributed by atoms with E-state index in [1.54, 1.807) is 0 Å². The van der Waals surface area contributed by atoms with Gasteiger partial charge in [0.25, 0.3) is 0 Å². The highest BCUT2D eigenvalue weighted by molar-refractivity contribution is 7.80. The normalized spacial score (nSPS) is 18.1. The Morgan fingerprint density at radius 2 is 2.00 bits per heavy atom. The Balaban J connectivity index is 1.97. The zero-order chi connectivity index (χ0) is 10.7. The highest BCUT2D eigenvalue weighted by Crippen LogP contribution is 2.28. The lowest BCUT2D eigenvalue weighted by molar-refractivity contribution is 0.309. The second-order valence-electron chi connectivity index (χ2n) is 4.46. The van der Waals surface area contributed by atoms with Crippen molar-refractivity contribution in [1.82, 2.24) is 4.90 Å². The maximum absolute atomic E-state index is 4.46. The Bertz CT molecular complexity index is 295. The van der Waals surface area contributed by atoms with Crippen molar-refractivity contribution < 1.29 is 0 Å². The third-order valence-corrected chi connectivity index (χ3v) is 3.61. The maximum Gasteiger partial charge on any atom is 0.00936 e. The fourth-order valence-electron chi connectivity index (χ4n) is 2.01. The van der Waals surface area contributed by atoms with Crippen molar-refractivity contribution in [2.24, 2.45) is 0 Å². The fraction of sp³-hybridized carbons (Fsp3) is 0.538. The maximum atomic E-state index is 4.46. The van der Waals surface area contributed by atoms with Gasteiger partial charge in [-0.25, -0.2) is 0 Å². The van der Waals surface area contributed by atoms with Crippen molar-refractivity contribution in [3.8, 4) is 0 Å². The summed E-state index contributed by atoms with van der Waals surface area (Å²) in [4.78, 5) is 2.48. The molecular weight excluding hydrogens is 202 g/mol. The molecule has 82 valence electrons. The molecule has 0 N–H and O–H groups in total. The minimum absolute atomic E-state index is 0.570. The van der Waals surface area contributed by atoms with Crippen LogP contribution in [-0.4, -0.2) is 30.3 Å². The third-order valence-electron chi connectivity index (χ3n) is 3.17. The average Bonchev–Trinajstić information content (AvgIpc) is 3.10. The lowest BCUT2D eigenvalue weighted by atomic mass is 10.0. The molecule has 1 aliphatic carbocycles. The van der Waals surface area contributed by atoms with Gasteiger partial charge < -0.3 is 4.90 Å². The van der Waals surface area contributed by atoms with E-state index in [0.717, 1.165) is 18.3 Å². The Labute approximate surface area is 97.9 Å². The topological polar surface area (TPSA) is 3.24 Å². The molecule has 0 amide bonds. The highest BCUT2D eigenvalue weighted by Gasteiger charge is 2.27. The first-order valence-corrected chi connectivity index (χ1v) is 6.30. The molecular formula is C13H19NS. The van der Waals surface area contributed by atoms with E-state index in [4.69, 9.17) is 0 Å². The summed E-state index contributed by atoms with van der Waals surface area (Å²) in [6, 6.07) is 11.6. The fourth-order valence-corrected chi connectivity index (χ4v) is 2.33. The zero-order valence-electron chi connectivity index (χ0n) is 9.26. The average molecular weight is 221 g/mol. The molecule has 0 radical (unpaired) electrons. The van der Waals surface area contributed by atoms with E-state index >= 15 is 0 Å². The Hall–Kier alpha value is -0.470. The molecule has 1 nitrogen and oxygen atoms in total. The number of nitrogens with zero attached hydrogens (tertiary/aromatic N) is 1. The van der Waals surface area contributed by atoms with Crippen LogP contribution < -0.4 is 0 Å². The zero-order valence-corrected chi connectivity index (χ0v) is 10.2. The van der Waals surface area contributed by atoms with Crippen LogP contribution in [0.4, 0.5) is 0 Å². The first-order valence-electron chi connectivity index (χ1n) is 5.67. The lowest BCUT2D eigenvalue weighted by Crippen LogP contribution is -2.27. The molecule has 1 atom stereocenters. The number of likely N-dealkylation sites (N-methyl/N-ethyl adjacent to an activating group) is 1. The van der Waals surface area contributed by atoms with Crippen LogP contribution in [-0.2, 0) is 0 Å². The molecule has 1 aromatic rings. The summed E-state index contributed by atoms with van der Waals surface area (Å²) >= 11 is 4.46. The summed E-state index contributed by atoms with van der Waals surface area (Å²) in [6.45, 7) is 1.14. The second-order valence-corrected chi connectivity index (χ2v) is 4.83. The van der Waals surface area contributed by atoms with Crippen LogP contribution >= 0.6 is 12.6 Å². The molecule has 2 heteroatoms. The van der Waals surface area contributed by atoms with E-state index in [1.807, 2.05) is 0 Å². The van der Waals surface area contributed by atoms with E-state index in [0.29, 0.717) is 5.92 Å². The SMILES string of the molecule is CN(CC(CS)c1ccccc1)C1CC1. The van der Waals surface area contributed by atoms with E-state index in [2.05, 4.69) is 54.9 Å². The van der Waals surface area contributed by atoms with Crippen molar-refractivity contribution in [1.29, 1.82) is 0 Å². The smallest absolute Gasteiger partial charge is 0.00936 e. The van der Waals surface area contributed by atoms with Crippen molar-refractivity contribution >= 4 is 12.6 Å².